The summed E-state index contributed by atoms with van der Waals surface area (Å²) in [6.45, 7) is 0.744. The van der Waals surface area contributed by atoms with Gasteiger partial charge >= 0.3 is 0 Å². The van der Waals surface area contributed by atoms with Crippen LogP contribution in [0.5, 0.6) is 5.75 Å². The molecule has 2 aromatic rings. The van der Waals surface area contributed by atoms with Gasteiger partial charge in [-0.25, -0.2) is 4.39 Å². The second-order valence-electron chi connectivity index (χ2n) is 4.45. The van der Waals surface area contributed by atoms with Crippen molar-refractivity contribution in [1.29, 1.82) is 0 Å². The first-order chi connectivity index (χ1) is 10.6. The summed E-state index contributed by atoms with van der Waals surface area (Å²) in [7, 11) is 0. The van der Waals surface area contributed by atoms with Crippen LogP contribution >= 0.6 is 15.9 Å². The minimum absolute atomic E-state index is 0.295. The maximum atomic E-state index is 13.5. The molecule has 0 radical (unpaired) electrons. The van der Waals surface area contributed by atoms with Gasteiger partial charge in [0.2, 0.25) is 5.91 Å². The van der Waals surface area contributed by atoms with Gasteiger partial charge in [-0.05, 0) is 36.4 Å². The van der Waals surface area contributed by atoms with Crippen molar-refractivity contribution < 1.29 is 13.9 Å². The van der Waals surface area contributed by atoms with Crippen molar-refractivity contribution in [3.63, 3.8) is 0 Å². The van der Waals surface area contributed by atoms with Crippen molar-refractivity contribution in [2.24, 2.45) is 0 Å². The van der Waals surface area contributed by atoms with Crippen LogP contribution in [0, 0.1) is 5.82 Å². The highest BCUT2D eigenvalue weighted by Gasteiger charge is 2.00. The summed E-state index contributed by atoms with van der Waals surface area (Å²) in [5.41, 5.74) is 0.352. The lowest BCUT2D eigenvalue weighted by atomic mass is 10.2. The number of halogens is 2. The summed E-state index contributed by atoms with van der Waals surface area (Å²) in [5.74, 6) is 0.0826. The van der Waals surface area contributed by atoms with Crippen LogP contribution in [0.15, 0.2) is 59.1 Å². The van der Waals surface area contributed by atoms with E-state index in [2.05, 4.69) is 21.2 Å². The van der Waals surface area contributed by atoms with Crippen LogP contribution in [-0.2, 0) is 4.79 Å². The number of hydrogen-bond donors (Lipinski definition) is 1. The quantitative estimate of drug-likeness (QED) is 0.626. The molecular formula is C17H15BrFNO2. The Labute approximate surface area is 136 Å². The molecule has 0 aromatic heterocycles. The van der Waals surface area contributed by atoms with Crippen LogP contribution < -0.4 is 10.1 Å². The molecule has 0 unspecified atom stereocenters. The first-order valence-electron chi connectivity index (χ1n) is 6.74. The molecule has 0 bridgehead atoms. The van der Waals surface area contributed by atoms with Gasteiger partial charge in [-0.1, -0.05) is 34.1 Å². The van der Waals surface area contributed by atoms with E-state index in [0.717, 1.165) is 10.2 Å². The van der Waals surface area contributed by atoms with Gasteiger partial charge in [0, 0.05) is 16.1 Å². The summed E-state index contributed by atoms with van der Waals surface area (Å²) in [6.07, 6.45) is 2.74. The lowest BCUT2D eigenvalue weighted by molar-refractivity contribution is -0.116. The van der Waals surface area contributed by atoms with Crippen LogP contribution in [0.4, 0.5) is 4.39 Å². The van der Waals surface area contributed by atoms with E-state index < -0.39 is 0 Å². The largest absolute Gasteiger partial charge is 0.492 e. The average molecular weight is 364 g/mol. The summed E-state index contributed by atoms with van der Waals surface area (Å²) >= 11 is 3.26. The molecule has 1 amide bonds. The average Bonchev–Trinajstić information content (AvgIpc) is 2.53. The smallest absolute Gasteiger partial charge is 0.244 e. The molecule has 0 atom stereocenters. The van der Waals surface area contributed by atoms with Crippen LogP contribution in [-0.4, -0.2) is 19.1 Å². The first kappa shape index (κ1) is 16.2. The van der Waals surface area contributed by atoms with Gasteiger partial charge < -0.3 is 10.1 Å². The Hall–Kier alpha value is -2.14. The van der Waals surface area contributed by atoms with Gasteiger partial charge in [0.1, 0.15) is 18.2 Å². The fourth-order valence-corrected chi connectivity index (χ4v) is 2.11. The zero-order chi connectivity index (χ0) is 15.8. The maximum absolute atomic E-state index is 13.5. The number of amides is 1. The molecule has 22 heavy (non-hydrogen) atoms. The number of carbonyl (C=O) groups is 1. The Bertz CT molecular complexity index is 659. The molecule has 0 heterocycles. The van der Waals surface area contributed by atoms with E-state index in [1.54, 1.807) is 12.1 Å². The number of benzene rings is 2. The normalized spacial score (nSPS) is 10.6. The summed E-state index contributed by atoms with van der Waals surface area (Å²) in [6, 6.07) is 13.9. The number of hydrogen-bond acceptors (Lipinski definition) is 2. The van der Waals surface area contributed by atoms with Crippen LogP contribution in [0.25, 0.3) is 6.08 Å². The molecule has 0 saturated heterocycles. The van der Waals surface area contributed by atoms with Gasteiger partial charge in [0.05, 0.1) is 6.54 Å². The minimum Gasteiger partial charge on any atom is -0.492 e. The number of para-hydroxylation sites is 1. The molecular weight excluding hydrogens is 349 g/mol. The Morgan fingerprint density at radius 1 is 1.23 bits per heavy atom. The van der Waals surface area contributed by atoms with Crippen LogP contribution in [0.3, 0.4) is 0 Å². The predicted octanol–water partition coefficient (Wildman–Crippen LogP) is 3.80. The lowest BCUT2D eigenvalue weighted by Gasteiger charge is -2.06. The summed E-state index contributed by atoms with van der Waals surface area (Å²) in [5, 5.41) is 2.67. The molecule has 1 N–H and O–H groups in total. The Morgan fingerprint density at radius 3 is 2.77 bits per heavy atom. The molecule has 0 fully saturated rings. The summed E-state index contributed by atoms with van der Waals surface area (Å²) in [4.78, 5) is 11.6. The molecule has 114 valence electrons. The van der Waals surface area contributed by atoms with Crippen molar-refractivity contribution in [3.8, 4) is 5.75 Å². The van der Waals surface area contributed by atoms with Crippen LogP contribution in [0.2, 0.25) is 0 Å². The molecule has 0 spiro atoms. The molecule has 2 aromatic carbocycles. The standard InChI is InChI=1S/C17H15BrFNO2/c18-14-7-8-16(19)13(12-14)6-9-17(21)20-10-11-22-15-4-2-1-3-5-15/h1-9,12H,10-11H2,(H,20,21). The van der Waals surface area contributed by atoms with E-state index in [1.165, 1.54) is 18.2 Å². The van der Waals surface area contributed by atoms with Gasteiger partial charge in [0.25, 0.3) is 0 Å². The zero-order valence-corrected chi connectivity index (χ0v) is 13.3. The van der Waals surface area contributed by atoms with E-state index in [-0.39, 0.29) is 11.7 Å². The zero-order valence-electron chi connectivity index (χ0n) is 11.8. The van der Waals surface area contributed by atoms with Gasteiger partial charge in [-0.15, -0.1) is 0 Å². The Morgan fingerprint density at radius 2 is 2.00 bits per heavy atom. The van der Waals surface area contributed by atoms with E-state index in [4.69, 9.17) is 4.74 Å². The number of carbonyl (C=O) groups excluding carboxylic acids is 1. The highest BCUT2D eigenvalue weighted by Crippen LogP contribution is 2.16. The van der Waals surface area contributed by atoms with Crippen molar-refractivity contribution in [1.82, 2.24) is 5.32 Å². The van der Waals surface area contributed by atoms with E-state index >= 15 is 0 Å². The Balaban J connectivity index is 1.76. The molecule has 0 aliphatic heterocycles. The lowest BCUT2D eigenvalue weighted by Crippen LogP contribution is -2.26. The Kier molecular flexibility index (Phi) is 6.15. The monoisotopic (exact) mass is 363 g/mol. The molecule has 0 aliphatic carbocycles. The maximum Gasteiger partial charge on any atom is 0.244 e. The van der Waals surface area contributed by atoms with Gasteiger partial charge in [-0.2, -0.15) is 0 Å². The number of rotatable bonds is 6. The van der Waals surface area contributed by atoms with Crippen molar-refractivity contribution in [3.05, 3.63) is 70.5 Å². The third-order valence-corrected chi connectivity index (χ3v) is 3.28. The van der Waals surface area contributed by atoms with Crippen molar-refractivity contribution >= 4 is 27.9 Å². The van der Waals surface area contributed by atoms with Gasteiger partial charge in [0.15, 0.2) is 0 Å². The van der Waals surface area contributed by atoms with Crippen molar-refractivity contribution in [2.75, 3.05) is 13.2 Å². The van der Waals surface area contributed by atoms with E-state index in [1.807, 2.05) is 30.3 Å². The topological polar surface area (TPSA) is 38.3 Å². The van der Waals surface area contributed by atoms with Gasteiger partial charge in [-0.3, -0.25) is 4.79 Å². The van der Waals surface area contributed by atoms with E-state index in [0.29, 0.717) is 18.7 Å². The SMILES string of the molecule is O=C(C=Cc1cc(Br)ccc1F)NCCOc1ccccc1. The van der Waals surface area contributed by atoms with Crippen molar-refractivity contribution in [2.45, 2.75) is 0 Å². The fraction of sp³-hybridized carbons (Fsp3) is 0.118. The third-order valence-electron chi connectivity index (χ3n) is 2.79. The molecule has 0 saturated carbocycles. The second kappa shape index (κ2) is 8.34. The highest BCUT2D eigenvalue weighted by molar-refractivity contribution is 9.10. The van der Waals surface area contributed by atoms with Crippen LogP contribution in [0.1, 0.15) is 5.56 Å². The fourth-order valence-electron chi connectivity index (χ4n) is 1.73. The highest BCUT2D eigenvalue weighted by atomic mass is 79.9. The number of ether oxygens (including phenoxy) is 1. The predicted molar refractivity (Wildman–Crippen MR) is 88.1 cm³/mol. The first-order valence-corrected chi connectivity index (χ1v) is 7.53. The molecule has 0 aliphatic rings. The molecule has 2 rings (SSSR count). The summed E-state index contributed by atoms with van der Waals surface area (Å²) < 4.78 is 19.7. The third kappa shape index (κ3) is 5.33. The van der Waals surface area contributed by atoms with E-state index in [9.17, 15) is 9.18 Å². The molecule has 3 nitrogen and oxygen atoms in total. The second-order valence-corrected chi connectivity index (χ2v) is 5.37. The number of nitrogens with one attached hydrogen (secondary N) is 1. The minimum atomic E-state index is -0.375. The molecule has 5 heteroatoms.